The summed E-state index contributed by atoms with van der Waals surface area (Å²) >= 11 is 3.46. The molecule has 0 saturated carbocycles. The largest absolute Gasteiger partial charge is 0.460 e. The van der Waals surface area contributed by atoms with E-state index in [0.29, 0.717) is 28.5 Å². The molecule has 0 aromatic heterocycles. The van der Waals surface area contributed by atoms with Crippen molar-refractivity contribution in [1.82, 2.24) is 4.90 Å². The van der Waals surface area contributed by atoms with Gasteiger partial charge in [0.2, 0.25) is 6.29 Å². The number of benzene rings is 1. The monoisotopic (exact) mass is 661 g/mol. The molecule has 44 heavy (non-hydrogen) atoms. The van der Waals surface area contributed by atoms with Gasteiger partial charge in [-0.3, -0.25) is 9.59 Å². The van der Waals surface area contributed by atoms with Crippen LogP contribution >= 0.6 is 15.9 Å². The van der Waals surface area contributed by atoms with Crippen LogP contribution < -0.4 is 20.6 Å². The van der Waals surface area contributed by atoms with Crippen LogP contribution in [0.1, 0.15) is 56.1 Å². The third-order valence-electron chi connectivity index (χ3n) is 8.95. The molecule has 4 aliphatic rings. The molecule has 5 atom stereocenters. The van der Waals surface area contributed by atoms with Crippen LogP contribution in [0.15, 0.2) is 74.3 Å². The highest BCUT2D eigenvalue weighted by Gasteiger charge is 2.63. The van der Waals surface area contributed by atoms with Gasteiger partial charge in [0.15, 0.2) is 22.9 Å². The van der Waals surface area contributed by atoms with E-state index in [9.17, 15) is 24.6 Å². The van der Waals surface area contributed by atoms with Gasteiger partial charge >= 0.3 is 5.97 Å². The van der Waals surface area contributed by atoms with Crippen LogP contribution in [-0.4, -0.2) is 51.5 Å². The number of ether oxygens (including phenoxy) is 3. The molecule has 3 aliphatic heterocycles. The summed E-state index contributed by atoms with van der Waals surface area (Å²) < 4.78 is 18.4. The number of hydrogen-bond donors (Lipinski definition) is 2. The topological polar surface area (TPSA) is 123 Å². The first-order valence-electron chi connectivity index (χ1n) is 14.3. The van der Waals surface area contributed by atoms with E-state index in [0.717, 1.165) is 21.4 Å². The number of fused-ring (bicyclic) bond motifs is 5. The fourth-order valence-corrected chi connectivity index (χ4v) is 6.67. The number of halogens is 1. The second kappa shape index (κ2) is 10.7. The number of aliphatic hydroxyl groups is 2. The lowest BCUT2D eigenvalue weighted by Crippen LogP contribution is -2.64. The van der Waals surface area contributed by atoms with Crippen molar-refractivity contribution in [1.29, 1.82) is 0 Å². The van der Waals surface area contributed by atoms with Crippen LogP contribution in [-0.2, 0) is 26.4 Å². The summed E-state index contributed by atoms with van der Waals surface area (Å²) in [7, 11) is 0. The van der Waals surface area contributed by atoms with Gasteiger partial charge in [-0.25, -0.2) is 4.79 Å². The number of hydrogen-bond acceptors (Lipinski definition) is 9. The van der Waals surface area contributed by atoms with Crippen molar-refractivity contribution in [3.05, 3.63) is 107 Å². The van der Waals surface area contributed by atoms with Crippen molar-refractivity contribution < 1.29 is 34.0 Å². The second-order valence-electron chi connectivity index (χ2n) is 11.6. The molecule has 6 rings (SSSR count). The maximum Gasteiger partial charge on any atom is 0.333 e. The standard InChI is InChI=1S/C34H32BrNO8/c1-7-15(2)32(40)43-30-19(6)42-33-34(41,31(30)39)27-24(37)13-23-25(17(4)29(27)44-33)22-12-16(3)36(18(5)26(22)28(23)38)14-20-8-10-21(35)11-9-20/h7-13,19,30-31,33,39,41H,4,14H2,1-3,5-6H3/b15-7-/t19-,30+,31-,33+,34-/m1/s1. The molecule has 0 spiro atoms. The minimum atomic E-state index is -2.39. The molecule has 2 aromatic carbocycles. The molecule has 9 nitrogen and oxygen atoms in total. The summed E-state index contributed by atoms with van der Waals surface area (Å²) in [6.45, 7) is 13.4. The molecular formula is C34H32BrNO8. The van der Waals surface area contributed by atoms with Crippen molar-refractivity contribution in [2.24, 2.45) is 0 Å². The van der Waals surface area contributed by atoms with E-state index in [1.165, 1.54) is 6.07 Å². The van der Waals surface area contributed by atoms with E-state index in [4.69, 9.17) is 14.2 Å². The smallest absolute Gasteiger partial charge is 0.333 e. The number of carbonyl (C=O) groups excluding carboxylic acids is 2. The number of esters is 1. The highest BCUT2D eigenvalue weighted by atomic mass is 79.9. The minimum absolute atomic E-state index is 0.0749. The summed E-state index contributed by atoms with van der Waals surface area (Å²) in [4.78, 5) is 42.4. The third-order valence-corrected chi connectivity index (χ3v) is 9.48. The zero-order chi connectivity index (χ0) is 31.8. The first kappa shape index (κ1) is 30.2. The van der Waals surface area contributed by atoms with Crippen LogP contribution in [0.25, 0.3) is 12.2 Å². The highest BCUT2D eigenvalue weighted by Crippen LogP contribution is 2.46. The molecule has 1 saturated heterocycles. The van der Waals surface area contributed by atoms with Gasteiger partial charge in [-0.1, -0.05) is 40.7 Å². The van der Waals surface area contributed by atoms with Gasteiger partial charge in [0.05, 0.1) is 11.7 Å². The molecular weight excluding hydrogens is 630 g/mol. The predicted octanol–water partition coefficient (Wildman–Crippen LogP) is 2.82. The van der Waals surface area contributed by atoms with E-state index >= 15 is 0 Å². The normalized spacial score (nSPS) is 27.3. The fraction of sp³-hybridized carbons (Fsp3) is 0.324. The lowest BCUT2D eigenvalue weighted by molar-refractivity contribution is -0.309. The van der Waals surface area contributed by atoms with Gasteiger partial charge in [0, 0.05) is 49.6 Å². The quantitative estimate of drug-likeness (QED) is 0.376. The van der Waals surface area contributed by atoms with Crippen LogP contribution in [0.3, 0.4) is 0 Å². The van der Waals surface area contributed by atoms with Crippen molar-refractivity contribution in [2.45, 2.75) is 71.4 Å². The van der Waals surface area contributed by atoms with Gasteiger partial charge in [-0.2, -0.15) is 0 Å². The van der Waals surface area contributed by atoms with E-state index in [2.05, 4.69) is 22.5 Å². The van der Waals surface area contributed by atoms with E-state index < -0.39 is 41.6 Å². The number of rotatable bonds is 4. The molecule has 0 unspecified atom stereocenters. The van der Waals surface area contributed by atoms with Crippen LogP contribution in [0.5, 0.6) is 5.75 Å². The maximum absolute atomic E-state index is 14.0. The third kappa shape index (κ3) is 4.34. The summed E-state index contributed by atoms with van der Waals surface area (Å²) in [6.07, 6.45) is -2.00. The maximum atomic E-state index is 14.0. The lowest BCUT2D eigenvalue weighted by Gasteiger charge is -2.44. The van der Waals surface area contributed by atoms with E-state index in [-0.39, 0.29) is 27.9 Å². The lowest BCUT2D eigenvalue weighted by atomic mass is 9.82. The van der Waals surface area contributed by atoms with Gasteiger partial charge in [-0.05, 0) is 70.0 Å². The number of allylic oxidation sites excluding steroid dienone is 5. The Morgan fingerprint density at radius 1 is 1.23 bits per heavy atom. The Hall–Kier alpha value is -3.83. The van der Waals surface area contributed by atoms with Crippen molar-refractivity contribution >= 4 is 39.8 Å². The molecule has 1 fully saturated rings. The number of aliphatic hydroxyl groups excluding tert-OH is 1. The molecule has 10 heteroatoms. The number of carbonyl (C=O) groups is 2. The SMILES string of the molecule is C=c1c2c(c(=O)cc3c1=C1C=C(C)N(Cc4ccc(Br)cc4)C(C)=C1C3=O)[C@]1(O)[C@H](O2)O[C@H](C)[C@H](OC(=O)/C(C)=C\C)[C@H]1O. The van der Waals surface area contributed by atoms with Gasteiger partial charge in [0.25, 0.3) is 0 Å². The zero-order valence-corrected chi connectivity index (χ0v) is 26.5. The number of Topliss-reactive ketones (excluding diaryl/α,β-unsaturated/α-hetero) is 1. The first-order valence-corrected chi connectivity index (χ1v) is 15.1. The number of nitrogens with zero attached hydrogens (tertiary/aromatic N) is 1. The summed E-state index contributed by atoms with van der Waals surface area (Å²) in [5.74, 6) is -1.12. The van der Waals surface area contributed by atoms with E-state index in [1.54, 1.807) is 26.8 Å². The van der Waals surface area contributed by atoms with Gasteiger partial charge in [-0.15, -0.1) is 0 Å². The highest BCUT2D eigenvalue weighted by molar-refractivity contribution is 9.10. The summed E-state index contributed by atoms with van der Waals surface area (Å²) in [6, 6.07) is 9.10. The average molecular weight is 663 g/mol. The Labute approximate surface area is 262 Å². The van der Waals surface area contributed by atoms with Crippen LogP contribution in [0, 0.1) is 0 Å². The molecule has 0 radical (unpaired) electrons. The van der Waals surface area contributed by atoms with Crippen molar-refractivity contribution in [3.8, 4) is 5.75 Å². The predicted molar refractivity (Wildman–Crippen MR) is 166 cm³/mol. The van der Waals surface area contributed by atoms with E-state index in [1.807, 2.05) is 49.1 Å². The Morgan fingerprint density at radius 2 is 1.91 bits per heavy atom. The zero-order valence-electron chi connectivity index (χ0n) is 24.9. The molecule has 2 N–H and O–H groups in total. The minimum Gasteiger partial charge on any atom is -0.460 e. The Morgan fingerprint density at radius 3 is 2.57 bits per heavy atom. The van der Waals surface area contributed by atoms with Gasteiger partial charge < -0.3 is 29.3 Å². The fourth-order valence-electron chi connectivity index (χ4n) is 6.41. The van der Waals surface area contributed by atoms with Crippen molar-refractivity contribution in [3.63, 3.8) is 0 Å². The second-order valence-corrected chi connectivity index (χ2v) is 12.5. The molecule has 2 aromatic rings. The molecule has 0 amide bonds. The molecule has 1 aliphatic carbocycles. The average Bonchev–Trinajstić information content (AvgIpc) is 3.40. The summed E-state index contributed by atoms with van der Waals surface area (Å²) in [5, 5.41) is 24.0. The molecule has 0 bridgehead atoms. The van der Waals surface area contributed by atoms with Crippen molar-refractivity contribution in [2.75, 3.05) is 0 Å². The Bertz CT molecular complexity index is 1910. The Balaban J connectivity index is 1.49. The van der Waals surface area contributed by atoms with Crippen LogP contribution in [0.2, 0.25) is 0 Å². The number of ketones is 1. The molecule has 228 valence electrons. The van der Waals surface area contributed by atoms with Crippen LogP contribution in [0.4, 0.5) is 0 Å². The first-order chi connectivity index (χ1) is 20.8. The molecule has 3 heterocycles. The summed E-state index contributed by atoms with van der Waals surface area (Å²) in [5.41, 5.74) is 0.733. The van der Waals surface area contributed by atoms with Gasteiger partial charge in [0.1, 0.15) is 11.9 Å². The Kier molecular flexibility index (Phi) is 7.32.